The Labute approximate surface area is 242 Å². The van der Waals surface area contributed by atoms with Crippen LogP contribution in [0.15, 0.2) is 72.9 Å². The summed E-state index contributed by atoms with van der Waals surface area (Å²) in [7, 11) is 0. The highest BCUT2D eigenvalue weighted by molar-refractivity contribution is 7.80. The summed E-state index contributed by atoms with van der Waals surface area (Å²) >= 11 is 5.88. The fourth-order valence-electron chi connectivity index (χ4n) is 5.89. The Morgan fingerprint density at radius 2 is 1.75 bits per heavy atom. The second-order valence-electron chi connectivity index (χ2n) is 10.5. The summed E-state index contributed by atoms with van der Waals surface area (Å²) in [5, 5.41) is 7.24. The zero-order valence-electron chi connectivity index (χ0n) is 23.9. The first-order valence-corrected chi connectivity index (χ1v) is 14.3. The standard InChI is InChI=1S/C33H37N5OS/c1-6-25-14-11-13-22(3)31(25)38-23(4)20-26(24(38)5)32-30(28-16-9-10-18-34-28)36-33(40)37(32)19-17-29(39)35-27-15-8-7-12-21(27)2/h7-16,18,20,30,32H,6,17,19H2,1-5H3,(H,35,39)(H,36,40). The van der Waals surface area contributed by atoms with E-state index >= 15 is 0 Å². The molecule has 2 N–H and O–H groups in total. The predicted molar refractivity (Wildman–Crippen MR) is 166 cm³/mol. The van der Waals surface area contributed by atoms with Gasteiger partial charge in [-0.3, -0.25) is 9.78 Å². The number of hydrogen-bond acceptors (Lipinski definition) is 3. The number of aromatic nitrogens is 2. The number of benzene rings is 2. The van der Waals surface area contributed by atoms with Gasteiger partial charge in [0, 0.05) is 36.2 Å². The van der Waals surface area contributed by atoms with E-state index in [1.54, 1.807) is 0 Å². The molecule has 2 unspecified atom stereocenters. The van der Waals surface area contributed by atoms with Crippen LogP contribution in [-0.4, -0.2) is 32.0 Å². The third-order valence-corrected chi connectivity index (χ3v) is 8.26. The van der Waals surface area contributed by atoms with Gasteiger partial charge in [-0.25, -0.2) is 0 Å². The minimum Gasteiger partial charge on any atom is -0.352 e. The number of nitrogens with one attached hydrogen (secondary N) is 2. The fraction of sp³-hybridized carbons (Fsp3) is 0.303. The van der Waals surface area contributed by atoms with Crippen LogP contribution in [0.5, 0.6) is 0 Å². The molecule has 4 aromatic rings. The average Bonchev–Trinajstić information content (AvgIpc) is 3.43. The molecule has 0 bridgehead atoms. The Balaban J connectivity index is 1.51. The molecular weight excluding hydrogens is 514 g/mol. The molecular formula is C33H37N5OS. The highest BCUT2D eigenvalue weighted by Crippen LogP contribution is 2.42. The minimum atomic E-state index is -0.135. The molecule has 1 fully saturated rings. The van der Waals surface area contributed by atoms with Crippen molar-refractivity contribution in [3.63, 3.8) is 0 Å². The van der Waals surface area contributed by atoms with Crippen LogP contribution in [0.25, 0.3) is 5.69 Å². The highest BCUT2D eigenvalue weighted by atomic mass is 32.1. The van der Waals surface area contributed by atoms with Gasteiger partial charge in [-0.05, 0) is 92.9 Å². The maximum absolute atomic E-state index is 13.0. The molecule has 1 saturated heterocycles. The molecule has 0 aliphatic carbocycles. The number of carbonyl (C=O) groups is 1. The number of hydrogen-bond donors (Lipinski definition) is 2. The van der Waals surface area contributed by atoms with E-state index in [2.05, 4.69) is 77.0 Å². The van der Waals surface area contributed by atoms with Gasteiger partial charge in [-0.2, -0.15) is 0 Å². The van der Waals surface area contributed by atoms with Crippen molar-refractivity contribution in [3.05, 3.63) is 112 Å². The molecule has 7 heteroatoms. The van der Waals surface area contributed by atoms with Crippen molar-refractivity contribution in [2.45, 2.75) is 59.5 Å². The molecule has 206 valence electrons. The maximum atomic E-state index is 13.0. The first-order valence-electron chi connectivity index (χ1n) is 13.9. The van der Waals surface area contributed by atoms with Crippen LogP contribution < -0.4 is 10.6 Å². The lowest BCUT2D eigenvalue weighted by atomic mass is 9.96. The lowest BCUT2D eigenvalue weighted by Gasteiger charge is -2.28. The molecule has 1 aliphatic heterocycles. The summed E-state index contributed by atoms with van der Waals surface area (Å²) in [4.78, 5) is 19.9. The monoisotopic (exact) mass is 551 g/mol. The molecule has 0 spiro atoms. The van der Waals surface area contributed by atoms with Gasteiger partial charge in [0.15, 0.2) is 5.11 Å². The molecule has 40 heavy (non-hydrogen) atoms. The lowest BCUT2D eigenvalue weighted by molar-refractivity contribution is -0.116. The molecule has 2 aromatic carbocycles. The third kappa shape index (κ3) is 5.26. The Kier molecular flexibility index (Phi) is 8.03. The Hall–Kier alpha value is -3.97. The first kappa shape index (κ1) is 27.6. The quantitative estimate of drug-likeness (QED) is 0.240. The first-order chi connectivity index (χ1) is 19.3. The van der Waals surface area contributed by atoms with Crippen LogP contribution in [-0.2, 0) is 11.2 Å². The zero-order valence-corrected chi connectivity index (χ0v) is 24.7. The molecule has 1 aliphatic rings. The van der Waals surface area contributed by atoms with E-state index in [1.807, 2.05) is 55.6 Å². The van der Waals surface area contributed by atoms with Crippen LogP contribution in [0.3, 0.4) is 0 Å². The number of thiocarbonyl (C=S) groups is 1. The topological polar surface area (TPSA) is 62.2 Å². The lowest BCUT2D eigenvalue weighted by Crippen LogP contribution is -2.33. The average molecular weight is 552 g/mol. The number of nitrogens with zero attached hydrogens (tertiary/aromatic N) is 3. The van der Waals surface area contributed by atoms with E-state index in [4.69, 9.17) is 12.2 Å². The zero-order chi connectivity index (χ0) is 28.4. The van der Waals surface area contributed by atoms with Crippen molar-refractivity contribution in [1.82, 2.24) is 19.8 Å². The SMILES string of the molecule is CCc1cccc(C)c1-n1c(C)cc(C2C(c3ccccn3)NC(=S)N2CCC(=O)Nc2ccccc2C)c1C. The summed E-state index contributed by atoms with van der Waals surface area (Å²) in [5.74, 6) is -0.0323. The van der Waals surface area contributed by atoms with Crippen molar-refractivity contribution in [1.29, 1.82) is 0 Å². The van der Waals surface area contributed by atoms with Crippen molar-refractivity contribution in [2.75, 3.05) is 11.9 Å². The Morgan fingerprint density at radius 3 is 2.48 bits per heavy atom. The predicted octanol–water partition coefficient (Wildman–Crippen LogP) is 6.67. The van der Waals surface area contributed by atoms with Crippen molar-refractivity contribution < 1.29 is 4.79 Å². The molecule has 6 nitrogen and oxygen atoms in total. The number of aryl methyl sites for hydroxylation is 4. The van der Waals surface area contributed by atoms with Crippen LogP contribution in [0.2, 0.25) is 0 Å². The summed E-state index contributed by atoms with van der Waals surface area (Å²) in [6.07, 6.45) is 3.09. The fourth-order valence-corrected chi connectivity index (χ4v) is 6.22. The van der Waals surface area contributed by atoms with E-state index in [-0.39, 0.29) is 18.0 Å². The van der Waals surface area contributed by atoms with E-state index in [1.165, 1.54) is 33.8 Å². The van der Waals surface area contributed by atoms with Crippen LogP contribution in [0.4, 0.5) is 5.69 Å². The van der Waals surface area contributed by atoms with Crippen molar-refractivity contribution >= 4 is 28.9 Å². The second kappa shape index (κ2) is 11.6. The number of rotatable bonds is 8. The molecule has 1 amide bonds. The van der Waals surface area contributed by atoms with Gasteiger partial charge in [0.1, 0.15) is 0 Å². The van der Waals surface area contributed by atoms with Gasteiger partial charge in [0.05, 0.1) is 23.5 Å². The van der Waals surface area contributed by atoms with Gasteiger partial charge in [-0.15, -0.1) is 0 Å². The van der Waals surface area contributed by atoms with E-state index in [0.29, 0.717) is 18.1 Å². The van der Waals surface area contributed by atoms with Crippen LogP contribution in [0.1, 0.15) is 64.8 Å². The van der Waals surface area contributed by atoms with Gasteiger partial charge >= 0.3 is 0 Å². The number of para-hydroxylation sites is 2. The molecule has 0 radical (unpaired) electrons. The number of pyridine rings is 1. The van der Waals surface area contributed by atoms with Crippen LogP contribution in [0, 0.1) is 27.7 Å². The van der Waals surface area contributed by atoms with E-state index in [9.17, 15) is 4.79 Å². The van der Waals surface area contributed by atoms with E-state index < -0.39 is 0 Å². The molecule has 5 rings (SSSR count). The summed E-state index contributed by atoms with van der Waals surface area (Å²) < 4.78 is 2.38. The normalized spacial score (nSPS) is 16.7. The van der Waals surface area contributed by atoms with E-state index in [0.717, 1.165) is 23.4 Å². The molecule has 2 atom stereocenters. The summed E-state index contributed by atoms with van der Waals surface area (Å²) in [6.45, 7) is 11.2. The van der Waals surface area contributed by atoms with Crippen LogP contribution >= 0.6 is 12.2 Å². The molecule has 2 aromatic heterocycles. The minimum absolute atomic E-state index is 0.0323. The van der Waals surface area contributed by atoms with Crippen molar-refractivity contribution in [2.24, 2.45) is 0 Å². The number of anilines is 1. The third-order valence-electron chi connectivity index (χ3n) is 7.91. The van der Waals surface area contributed by atoms with Gasteiger partial charge in [-0.1, -0.05) is 49.4 Å². The number of carbonyl (C=O) groups excluding carboxylic acids is 1. The summed E-state index contributed by atoms with van der Waals surface area (Å²) in [6, 6.07) is 22.4. The molecule has 3 heterocycles. The molecule has 0 saturated carbocycles. The smallest absolute Gasteiger partial charge is 0.226 e. The van der Waals surface area contributed by atoms with Gasteiger partial charge in [0.25, 0.3) is 0 Å². The summed E-state index contributed by atoms with van der Waals surface area (Å²) in [5.41, 5.74) is 10.2. The Bertz CT molecular complexity index is 1540. The maximum Gasteiger partial charge on any atom is 0.226 e. The second-order valence-corrected chi connectivity index (χ2v) is 10.9. The Morgan fingerprint density at radius 1 is 1.00 bits per heavy atom. The highest BCUT2D eigenvalue weighted by Gasteiger charge is 2.41. The van der Waals surface area contributed by atoms with Gasteiger partial charge in [0.2, 0.25) is 5.91 Å². The largest absolute Gasteiger partial charge is 0.352 e. The number of amides is 1. The van der Waals surface area contributed by atoms with Gasteiger partial charge < -0.3 is 20.1 Å². The van der Waals surface area contributed by atoms with Crippen molar-refractivity contribution in [3.8, 4) is 5.69 Å².